The minimum atomic E-state index is -0.300. The van der Waals surface area contributed by atoms with Crippen molar-refractivity contribution in [3.05, 3.63) is 47.3 Å². The summed E-state index contributed by atoms with van der Waals surface area (Å²) in [5.41, 5.74) is 1.67. The van der Waals surface area contributed by atoms with Crippen LogP contribution in [0.4, 0.5) is 5.69 Å². The second kappa shape index (κ2) is 4.85. The van der Waals surface area contributed by atoms with E-state index in [1.54, 1.807) is 30.3 Å². The van der Waals surface area contributed by atoms with E-state index in [1.807, 2.05) is 0 Å². The summed E-state index contributed by atoms with van der Waals surface area (Å²) in [5, 5.41) is 15.6. The van der Waals surface area contributed by atoms with Gasteiger partial charge in [-0.3, -0.25) is 4.79 Å². The van der Waals surface area contributed by atoms with Gasteiger partial charge in [0.2, 0.25) is 0 Å². The summed E-state index contributed by atoms with van der Waals surface area (Å²) in [5.74, 6) is 0.923. The van der Waals surface area contributed by atoms with Crippen LogP contribution in [0, 0.1) is 0 Å². The normalized spacial score (nSPS) is 14.4. The molecule has 0 radical (unpaired) electrons. The molecule has 1 amide bonds. The molecule has 0 spiro atoms. The maximum absolute atomic E-state index is 12.0. The highest BCUT2D eigenvalue weighted by atomic mass is 16.5. The predicted octanol–water partition coefficient (Wildman–Crippen LogP) is 2.30. The van der Waals surface area contributed by atoms with E-state index >= 15 is 0 Å². The smallest absolute Gasteiger partial charge is 0.277 e. The zero-order valence-electron chi connectivity index (χ0n) is 10.3. The molecule has 1 saturated carbocycles. The van der Waals surface area contributed by atoms with Gasteiger partial charge in [-0.25, -0.2) is 0 Å². The van der Waals surface area contributed by atoms with Gasteiger partial charge in [-0.1, -0.05) is 17.3 Å². The van der Waals surface area contributed by atoms with Crippen LogP contribution in [-0.4, -0.2) is 16.2 Å². The Kier molecular flexibility index (Phi) is 3.05. The third-order valence-corrected chi connectivity index (χ3v) is 3.11. The molecule has 2 N–H and O–H groups in total. The summed E-state index contributed by atoms with van der Waals surface area (Å²) in [6, 6.07) is 8.75. The van der Waals surface area contributed by atoms with Crippen LogP contribution in [0.2, 0.25) is 0 Å². The number of aliphatic hydroxyl groups excluding tert-OH is 1. The lowest BCUT2D eigenvalue weighted by molar-refractivity contribution is 0.101. The van der Waals surface area contributed by atoms with Crippen molar-refractivity contribution in [2.45, 2.75) is 25.4 Å². The Morgan fingerprint density at radius 3 is 3.00 bits per heavy atom. The molecule has 0 atom stereocenters. The van der Waals surface area contributed by atoms with Gasteiger partial charge in [0.05, 0.1) is 6.61 Å². The van der Waals surface area contributed by atoms with Crippen LogP contribution in [-0.2, 0) is 6.61 Å². The molecule has 1 heterocycles. The van der Waals surface area contributed by atoms with E-state index < -0.39 is 0 Å². The van der Waals surface area contributed by atoms with E-state index in [1.165, 1.54) is 0 Å². The average Bonchev–Trinajstić information content (AvgIpc) is 3.16. The molecule has 5 nitrogen and oxygen atoms in total. The molecule has 98 valence electrons. The van der Waals surface area contributed by atoms with Crippen molar-refractivity contribution in [3.8, 4) is 0 Å². The number of hydrogen-bond acceptors (Lipinski definition) is 4. The number of benzene rings is 1. The second-order valence-electron chi connectivity index (χ2n) is 4.70. The number of anilines is 1. The quantitative estimate of drug-likeness (QED) is 0.882. The third kappa shape index (κ3) is 2.66. The molecule has 1 aromatic heterocycles. The number of carbonyl (C=O) groups excluding carboxylic acids is 1. The van der Waals surface area contributed by atoms with Gasteiger partial charge < -0.3 is 14.9 Å². The lowest BCUT2D eigenvalue weighted by Crippen LogP contribution is -2.12. The Bertz CT molecular complexity index is 602. The van der Waals surface area contributed by atoms with Crippen molar-refractivity contribution < 1.29 is 14.4 Å². The molecule has 1 aromatic carbocycles. The molecule has 1 aliphatic carbocycles. The van der Waals surface area contributed by atoms with Gasteiger partial charge >= 0.3 is 0 Å². The first-order valence-electron chi connectivity index (χ1n) is 6.24. The highest BCUT2D eigenvalue weighted by molar-refractivity contribution is 6.02. The molecular formula is C14H14N2O3. The summed E-state index contributed by atoms with van der Waals surface area (Å²) in [7, 11) is 0. The van der Waals surface area contributed by atoms with E-state index in [-0.39, 0.29) is 18.2 Å². The fourth-order valence-corrected chi connectivity index (χ4v) is 1.90. The number of hydrogen-bond donors (Lipinski definition) is 2. The maximum Gasteiger partial charge on any atom is 0.277 e. The van der Waals surface area contributed by atoms with Gasteiger partial charge in [0.15, 0.2) is 5.69 Å². The summed E-state index contributed by atoms with van der Waals surface area (Å²) < 4.78 is 5.14. The number of carbonyl (C=O) groups is 1. The number of amides is 1. The van der Waals surface area contributed by atoms with Gasteiger partial charge in [-0.2, -0.15) is 0 Å². The van der Waals surface area contributed by atoms with E-state index in [9.17, 15) is 4.79 Å². The molecule has 2 aromatic rings. The Morgan fingerprint density at radius 1 is 1.42 bits per heavy atom. The Labute approximate surface area is 110 Å². The van der Waals surface area contributed by atoms with E-state index in [0.717, 1.165) is 24.2 Å². The zero-order valence-corrected chi connectivity index (χ0v) is 10.3. The van der Waals surface area contributed by atoms with Gasteiger partial charge in [0, 0.05) is 17.7 Å². The highest BCUT2D eigenvalue weighted by Crippen LogP contribution is 2.40. The van der Waals surface area contributed by atoms with Crippen LogP contribution in [0.3, 0.4) is 0 Å². The van der Waals surface area contributed by atoms with Crippen LogP contribution in [0.25, 0.3) is 0 Å². The lowest BCUT2D eigenvalue weighted by atomic mass is 10.2. The first-order chi connectivity index (χ1) is 9.26. The van der Waals surface area contributed by atoms with Gasteiger partial charge in [0.1, 0.15) is 5.76 Å². The van der Waals surface area contributed by atoms with E-state index in [0.29, 0.717) is 11.6 Å². The maximum atomic E-state index is 12.0. The standard InChI is InChI=1S/C14H14N2O3/c17-8-9-2-1-3-11(6-9)15-14(18)12-7-13(19-16-12)10-4-5-10/h1-3,6-7,10,17H,4-5,8H2,(H,15,18). The van der Waals surface area contributed by atoms with Crippen LogP contribution in [0.15, 0.2) is 34.9 Å². The molecule has 0 saturated heterocycles. The van der Waals surface area contributed by atoms with Crippen molar-refractivity contribution in [2.24, 2.45) is 0 Å². The van der Waals surface area contributed by atoms with Crippen molar-refractivity contribution >= 4 is 11.6 Å². The summed E-state index contributed by atoms with van der Waals surface area (Å²) in [6.07, 6.45) is 2.21. The van der Waals surface area contributed by atoms with E-state index in [4.69, 9.17) is 9.63 Å². The van der Waals surface area contributed by atoms with Crippen LogP contribution < -0.4 is 5.32 Å². The van der Waals surface area contributed by atoms with Crippen LogP contribution >= 0.6 is 0 Å². The van der Waals surface area contributed by atoms with Gasteiger partial charge in [-0.05, 0) is 30.5 Å². The predicted molar refractivity (Wildman–Crippen MR) is 68.8 cm³/mol. The average molecular weight is 258 g/mol. The first kappa shape index (κ1) is 11.9. The van der Waals surface area contributed by atoms with Crippen molar-refractivity contribution in [1.82, 2.24) is 5.16 Å². The Morgan fingerprint density at radius 2 is 2.26 bits per heavy atom. The topological polar surface area (TPSA) is 75.4 Å². The molecule has 19 heavy (non-hydrogen) atoms. The lowest BCUT2D eigenvalue weighted by Gasteiger charge is -2.04. The van der Waals surface area contributed by atoms with Crippen LogP contribution in [0.1, 0.15) is 40.6 Å². The Balaban J connectivity index is 1.72. The zero-order chi connectivity index (χ0) is 13.2. The second-order valence-corrected chi connectivity index (χ2v) is 4.70. The molecule has 0 unspecified atom stereocenters. The largest absolute Gasteiger partial charge is 0.392 e. The SMILES string of the molecule is O=C(Nc1cccc(CO)c1)c1cc(C2CC2)on1. The number of aliphatic hydroxyl groups is 1. The number of nitrogens with zero attached hydrogens (tertiary/aromatic N) is 1. The summed E-state index contributed by atoms with van der Waals surface area (Å²) >= 11 is 0. The molecule has 1 fully saturated rings. The Hall–Kier alpha value is -2.14. The fourth-order valence-electron chi connectivity index (χ4n) is 1.90. The molecule has 5 heteroatoms. The van der Waals surface area contributed by atoms with Gasteiger partial charge in [-0.15, -0.1) is 0 Å². The van der Waals surface area contributed by atoms with E-state index in [2.05, 4.69) is 10.5 Å². The monoisotopic (exact) mass is 258 g/mol. The minimum absolute atomic E-state index is 0.0561. The van der Waals surface area contributed by atoms with Crippen LogP contribution in [0.5, 0.6) is 0 Å². The summed E-state index contributed by atoms with van der Waals surface area (Å²) in [6.45, 7) is -0.0561. The molecular weight excluding hydrogens is 244 g/mol. The molecule has 0 bridgehead atoms. The van der Waals surface area contributed by atoms with Crippen molar-refractivity contribution in [1.29, 1.82) is 0 Å². The fraction of sp³-hybridized carbons (Fsp3) is 0.286. The highest BCUT2D eigenvalue weighted by Gasteiger charge is 2.28. The van der Waals surface area contributed by atoms with Crippen molar-refractivity contribution in [2.75, 3.05) is 5.32 Å². The molecule has 0 aliphatic heterocycles. The van der Waals surface area contributed by atoms with Gasteiger partial charge in [0.25, 0.3) is 5.91 Å². The third-order valence-electron chi connectivity index (χ3n) is 3.11. The number of aromatic nitrogens is 1. The molecule has 3 rings (SSSR count). The number of nitrogens with one attached hydrogen (secondary N) is 1. The first-order valence-corrected chi connectivity index (χ1v) is 6.24. The summed E-state index contributed by atoms with van der Waals surface area (Å²) in [4.78, 5) is 12.0. The molecule has 1 aliphatic rings. The number of rotatable bonds is 4. The van der Waals surface area contributed by atoms with Crippen molar-refractivity contribution in [3.63, 3.8) is 0 Å². The minimum Gasteiger partial charge on any atom is -0.392 e.